The molecular weight excluding hydrogens is 575 g/mol. The number of rotatable bonds is 6. The average molecular weight is 594 g/mol. The fourth-order valence-corrected chi connectivity index (χ4v) is 5.89. The molecule has 0 bridgehead atoms. The lowest BCUT2D eigenvalue weighted by molar-refractivity contribution is -0.143. The fourth-order valence-electron chi connectivity index (χ4n) is 4.27. The first-order chi connectivity index (χ1) is 17.6. The molecule has 4 rings (SSSR count). The summed E-state index contributed by atoms with van der Waals surface area (Å²) < 4.78 is 104. The summed E-state index contributed by atoms with van der Waals surface area (Å²) in [6, 6.07) is 14.8. The van der Waals surface area contributed by atoms with Gasteiger partial charge < -0.3 is 0 Å². The zero-order valence-electron chi connectivity index (χ0n) is 19.3. The smallest absolute Gasteiger partial charge is 0.284 e. The van der Waals surface area contributed by atoms with Crippen molar-refractivity contribution >= 4 is 33.0 Å². The van der Waals surface area contributed by atoms with Gasteiger partial charge in [-0.15, -0.1) is 0 Å². The lowest BCUT2D eigenvalue weighted by Gasteiger charge is -2.41. The summed E-state index contributed by atoms with van der Waals surface area (Å²) in [6.07, 6.45) is -10.1. The number of benzene rings is 3. The van der Waals surface area contributed by atoms with Crippen molar-refractivity contribution in [1.29, 1.82) is 0 Å². The van der Waals surface area contributed by atoms with Crippen molar-refractivity contribution in [3.8, 4) is 0 Å². The van der Waals surface area contributed by atoms with Gasteiger partial charge in [0.1, 0.15) is 0 Å². The molecule has 0 saturated carbocycles. The van der Waals surface area contributed by atoms with E-state index < -0.39 is 44.6 Å². The zero-order chi connectivity index (χ0) is 27.9. The molecule has 1 aliphatic rings. The Bertz CT molecular complexity index is 1370. The van der Waals surface area contributed by atoms with Gasteiger partial charge >= 0.3 is 12.4 Å². The van der Waals surface area contributed by atoms with Crippen LogP contribution >= 0.6 is 23.2 Å². The second kappa shape index (κ2) is 10.6. The normalized spacial score (nSPS) is 15.0. The van der Waals surface area contributed by atoms with Crippen LogP contribution in [0.1, 0.15) is 33.9 Å². The summed E-state index contributed by atoms with van der Waals surface area (Å²) in [6.45, 7) is 0.455. The van der Waals surface area contributed by atoms with Crippen LogP contribution in [0.5, 0.6) is 0 Å². The van der Waals surface area contributed by atoms with Gasteiger partial charge in [-0.3, -0.25) is 4.90 Å². The molecule has 0 atom stereocenters. The van der Waals surface area contributed by atoms with Gasteiger partial charge in [-0.1, -0.05) is 47.5 Å². The van der Waals surface area contributed by atoms with Gasteiger partial charge in [-0.2, -0.15) is 26.3 Å². The minimum Gasteiger partial charge on any atom is -0.284 e. The van der Waals surface area contributed by atoms with E-state index in [1.165, 1.54) is 0 Å². The molecule has 1 fully saturated rings. The van der Waals surface area contributed by atoms with E-state index in [4.69, 9.17) is 23.2 Å². The molecule has 202 valence electrons. The maximum atomic E-state index is 13.1. The second-order valence-electron chi connectivity index (χ2n) is 8.91. The van der Waals surface area contributed by atoms with Gasteiger partial charge in [-0.25, -0.2) is 8.42 Å². The third-order valence-electron chi connectivity index (χ3n) is 5.91. The van der Waals surface area contributed by atoms with Crippen LogP contribution in [0.15, 0.2) is 77.7 Å². The molecule has 38 heavy (non-hydrogen) atoms. The minimum atomic E-state index is -5.06. The lowest BCUT2D eigenvalue weighted by atomic mass is 9.93. The van der Waals surface area contributed by atoms with Gasteiger partial charge in [0.2, 0.25) is 0 Å². The highest BCUT2D eigenvalue weighted by Crippen LogP contribution is 2.38. The molecule has 0 radical (unpaired) electrons. The molecule has 1 saturated heterocycles. The molecular formula is C26H19Cl2F6NO2S. The molecule has 3 aromatic rings. The molecule has 3 nitrogen and oxygen atoms in total. The number of hydrogen-bond donors (Lipinski definition) is 0. The highest BCUT2D eigenvalue weighted by Gasteiger charge is 2.37. The van der Waals surface area contributed by atoms with Crippen molar-refractivity contribution in [2.75, 3.05) is 13.1 Å². The molecule has 1 heterocycles. The number of alkyl halides is 6. The third kappa shape index (κ3) is 6.91. The largest absolute Gasteiger partial charge is 0.416 e. The van der Waals surface area contributed by atoms with Gasteiger partial charge in [0.05, 0.1) is 22.9 Å². The first-order valence-electron chi connectivity index (χ1n) is 11.1. The predicted octanol–water partition coefficient (Wildman–Crippen LogP) is 7.93. The van der Waals surface area contributed by atoms with Crippen molar-refractivity contribution in [3.05, 3.63) is 116 Å². The number of nitrogens with zero attached hydrogens (tertiary/aromatic N) is 1. The maximum Gasteiger partial charge on any atom is 0.416 e. The molecule has 0 amide bonds. The van der Waals surface area contributed by atoms with Gasteiger partial charge in [0.15, 0.2) is 9.84 Å². The van der Waals surface area contributed by atoms with Crippen LogP contribution in [-0.4, -0.2) is 26.4 Å². The van der Waals surface area contributed by atoms with E-state index in [0.717, 1.165) is 16.5 Å². The number of sulfone groups is 1. The van der Waals surface area contributed by atoms with Crippen LogP contribution in [0, 0.1) is 0 Å². The maximum absolute atomic E-state index is 13.1. The van der Waals surface area contributed by atoms with Crippen LogP contribution in [0.4, 0.5) is 26.3 Å². The van der Waals surface area contributed by atoms with E-state index >= 15 is 0 Å². The molecule has 12 heteroatoms. The highest BCUT2D eigenvalue weighted by atomic mass is 35.5. The Balaban J connectivity index is 1.56. The highest BCUT2D eigenvalue weighted by molar-refractivity contribution is 7.93. The van der Waals surface area contributed by atoms with Crippen LogP contribution in [-0.2, 0) is 27.9 Å². The van der Waals surface area contributed by atoms with Gasteiger partial charge in [-0.05, 0) is 64.7 Å². The van der Waals surface area contributed by atoms with Crippen LogP contribution in [0.2, 0.25) is 10.0 Å². The summed E-state index contributed by atoms with van der Waals surface area (Å²) in [5, 5.41) is 2.02. The van der Waals surface area contributed by atoms with Crippen molar-refractivity contribution in [2.24, 2.45) is 0 Å². The Kier molecular flexibility index (Phi) is 7.91. The van der Waals surface area contributed by atoms with Crippen molar-refractivity contribution < 1.29 is 34.8 Å². The van der Waals surface area contributed by atoms with E-state index in [1.54, 1.807) is 24.3 Å². The summed E-state index contributed by atoms with van der Waals surface area (Å²) in [5.74, 6) is -0.999. The van der Waals surface area contributed by atoms with E-state index in [1.807, 2.05) is 29.2 Å². The van der Waals surface area contributed by atoms with Crippen LogP contribution in [0.25, 0.3) is 0 Å². The molecule has 3 aromatic carbocycles. The Morgan fingerprint density at radius 1 is 0.763 bits per heavy atom. The molecule has 0 N–H and O–H groups in total. The Labute approximate surface area is 225 Å². The van der Waals surface area contributed by atoms with Crippen molar-refractivity contribution in [3.63, 3.8) is 0 Å². The topological polar surface area (TPSA) is 37.4 Å². The van der Waals surface area contributed by atoms with Crippen LogP contribution < -0.4 is 0 Å². The summed E-state index contributed by atoms with van der Waals surface area (Å²) >= 11 is 12.0. The molecule has 0 unspecified atom stereocenters. The van der Waals surface area contributed by atoms with E-state index in [2.05, 4.69) is 0 Å². The molecule has 0 aliphatic carbocycles. The first kappa shape index (κ1) is 28.5. The summed E-state index contributed by atoms with van der Waals surface area (Å²) in [5.41, 5.74) is -1.46. The van der Waals surface area contributed by atoms with Crippen molar-refractivity contribution in [1.82, 2.24) is 4.90 Å². The molecule has 1 aliphatic heterocycles. The first-order valence-corrected chi connectivity index (χ1v) is 13.5. The molecule has 0 spiro atoms. The third-order valence-corrected chi connectivity index (χ3v) is 7.84. The fraction of sp³-hybridized carbons (Fsp3) is 0.231. The van der Waals surface area contributed by atoms with E-state index in [0.29, 0.717) is 27.8 Å². The Hall–Kier alpha value is -2.53. The SMILES string of the molecule is O=S(=O)(C=C1CN(C(c2ccc(Cl)cc2)c2ccc(Cl)cc2)C1)Cc1cc(C(F)(F)F)cc(C(F)(F)F)c1. The number of hydrogen-bond acceptors (Lipinski definition) is 3. The average Bonchev–Trinajstić information content (AvgIpc) is 2.78. The quantitative estimate of drug-likeness (QED) is 0.272. The van der Waals surface area contributed by atoms with Crippen molar-refractivity contribution in [2.45, 2.75) is 24.1 Å². The Morgan fingerprint density at radius 2 is 1.18 bits per heavy atom. The number of halogens is 8. The number of likely N-dealkylation sites (tertiary alicyclic amines) is 1. The van der Waals surface area contributed by atoms with Gasteiger partial charge in [0, 0.05) is 28.5 Å². The zero-order valence-corrected chi connectivity index (χ0v) is 21.7. The summed E-state index contributed by atoms with van der Waals surface area (Å²) in [7, 11) is -4.17. The lowest BCUT2D eigenvalue weighted by Crippen LogP contribution is -2.43. The monoisotopic (exact) mass is 593 g/mol. The standard InChI is InChI=1S/C26H19Cl2F6NO2S/c27-22-5-1-18(2-6-22)24(19-3-7-23(28)8-4-19)35-12-17(13-35)15-38(36,37)14-16-9-20(25(29,30)31)11-21(10-16)26(32,33)34/h1-11,15,24H,12-14H2. The van der Waals surface area contributed by atoms with E-state index in [9.17, 15) is 34.8 Å². The minimum absolute atomic E-state index is 0.0357. The Morgan fingerprint density at radius 3 is 1.58 bits per heavy atom. The summed E-state index contributed by atoms with van der Waals surface area (Å²) in [4.78, 5) is 1.97. The second-order valence-corrected chi connectivity index (χ2v) is 11.6. The van der Waals surface area contributed by atoms with Crippen LogP contribution in [0.3, 0.4) is 0 Å². The van der Waals surface area contributed by atoms with E-state index in [-0.39, 0.29) is 25.2 Å². The van der Waals surface area contributed by atoms with Gasteiger partial charge in [0.25, 0.3) is 0 Å². The predicted molar refractivity (Wildman–Crippen MR) is 133 cm³/mol. The molecule has 0 aromatic heterocycles.